The van der Waals surface area contributed by atoms with Gasteiger partial charge in [-0.25, -0.2) is 0 Å². The van der Waals surface area contributed by atoms with E-state index in [1.165, 1.54) is 39.0 Å². The number of likely N-dealkylation sites (N-methyl/N-ethyl adjacent to an activating group) is 1. The Morgan fingerprint density at radius 1 is 1.38 bits per heavy atom. The highest BCUT2D eigenvalue weighted by atomic mass is 15.3. The molecule has 0 aromatic rings. The summed E-state index contributed by atoms with van der Waals surface area (Å²) in [5, 5.41) is 3.52. The van der Waals surface area contributed by atoms with Crippen molar-refractivity contribution in [1.82, 2.24) is 15.1 Å². The van der Waals surface area contributed by atoms with Gasteiger partial charge in [-0.15, -0.1) is 0 Å². The lowest BCUT2D eigenvalue weighted by Crippen LogP contribution is -2.57. The highest BCUT2D eigenvalue weighted by Crippen LogP contribution is 2.24. The highest BCUT2D eigenvalue weighted by molar-refractivity contribution is 4.91. The van der Waals surface area contributed by atoms with E-state index in [9.17, 15) is 0 Å². The monoisotopic (exact) mass is 225 g/mol. The van der Waals surface area contributed by atoms with E-state index in [0.717, 1.165) is 18.6 Å². The van der Waals surface area contributed by atoms with Gasteiger partial charge in [-0.3, -0.25) is 9.80 Å². The Morgan fingerprint density at radius 2 is 2.19 bits per heavy atom. The van der Waals surface area contributed by atoms with Crippen molar-refractivity contribution < 1.29 is 0 Å². The maximum absolute atomic E-state index is 3.52. The number of rotatable bonds is 4. The molecule has 2 aliphatic rings. The molecule has 0 spiro atoms. The Labute approximate surface area is 100 Å². The summed E-state index contributed by atoms with van der Waals surface area (Å²) in [5.74, 6) is 0. The van der Waals surface area contributed by atoms with E-state index in [-0.39, 0.29) is 0 Å². The lowest BCUT2D eigenvalue weighted by molar-refractivity contribution is 0.0540. The van der Waals surface area contributed by atoms with Crippen molar-refractivity contribution in [2.45, 2.75) is 51.7 Å². The molecule has 3 unspecified atom stereocenters. The molecule has 2 aliphatic heterocycles. The van der Waals surface area contributed by atoms with Crippen LogP contribution in [0.5, 0.6) is 0 Å². The summed E-state index contributed by atoms with van der Waals surface area (Å²) in [5.41, 5.74) is 0. The molecule has 2 heterocycles. The second kappa shape index (κ2) is 5.48. The lowest BCUT2D eigenvalue weighted by Gasteiger charge is -2.43. The Hall–Kier alpha value is -0.120. The smallest absolute Gasteiger partial charge is 0.0224 e. The van der Waals surface area contributed by atoms with Gasteiger partial charge in [0.05, 0.1) is 0 Å². The number of piperazine rings is 1. The fraction of sp³-hybridized carbons (Fsp3) is 1.00. The summed E-state index contributed by atoms with van der Waals surface area (Å²) in [4.78, 5) is 5.37. The van der Waals surface area contributed by atoms with Gasteiger partial charge in [0.2, 0.25) is 0 Å². The van der Waals surface area contributed by atoms with Crippen molar-refractivity contribution in [3.05, 3.63) is 0 Å². The Balaban J connectivity index is 1.84. The minimum atomic E-state index is 0.625. The van der Waals surface area contributed by atoms with Crippen LogP contribution in [0.25, 0.3) is 0 Å². The average Bonchev–Trinajstić information content (AvgIpc) is 2.65. The van der Waals surface area contributed by atoms with Crippen molar-refractivity contribution in [2.75, 3.05) is 32.7 Å². The molecule has 0 aliphatic carbocycles. The second-order valence-electron chi connectivity index (χ2n) is 5.55. The molecule has 0 amide bonds. The fourth-order valence-corrected chi connectivity index (χ4v) is 3.27. The van der Waals surface area contributed by atoms with Crippen LogP contribution < -0.4 is 5.32 Å². The first kappa shape index (κ1) is 12.3. The van der Waals surface area contributed by atoms with E-state index >= 15 is 0 Å². The molecular weight excluding hydrogens is 198 g/mol. The van der Waals surface area contributed by atoms with E-state index < -0.39 is 0 Å². The first-order valence-corrected chi connectivity index (χ1v) is 6.92. The summed E-state index contributed by atoms with van der Waals surface area (Å²) in [6.45, 7) is 13.1. The quantitative estimate of drug-likeness (QED) is 0.774. The predicted octanol–water partition coefficient (Wildman–Crippen LogP) is 1.15. The molecular formula is C13H27N3. The van der Waals surface area contributed by atoms with Crippen LogP contribution >= 0.6 is 0 Å². The van der Waals surface area contributed by atoms with Crippen molar-refractivity contribution in [1.29, 1.82) is 0 Å². The molecule has 0 radical (unpaired) electrons. The number of nitrogens with zero attached hydrogens (tertiary/aromatic N) is 2. The summed E-state index contributed by atoms with van der Waals surface area (Å²) in [7, 11) is 0. The third-order valence-electron chi connectivity index (χ3n) is 4.13. The zero-order valence-corrected chi connectivity index (χ0v) is 11.1. The largest absolute Gasteiger partial charge is 0.313 e. The maximum Gasteiger partial charge on any atom is 0.0224 e. The highest BCUT2D eigenvalue weighted by Gasteiger charge is 2.34. The van der Waals surface area contributed by atoms with Gasteiger partial charge in [0.25, 0.3) is 0 Å². The number of nitrogens with one attached hydrogen (secondary N) is 1. The molecule has 0 aromatic heterocycles. The van der Waals surface area contributed by atoms with Gasteiger partial charge in [-0.05, 0) is 39.8 Å². The molecule has 16 heavy (non-hydrogen) atoms. The van der Waals surface area contributed by atoms with Crippen LogP contribution in [0, 0.1) is 0 Å². The van der Waals surface area contributed by atoms with E-state index in [4.69, 9.17) is 0 Å². The molecule has 0 bridgehead atoms. The first-order chi connectivity index (χ1) is 7.70. The van der Waals surface area contributed by atoms with Crippen LogP contribution in [-0.4, -0.2) is 60.6 Å². The molecule has 2 rings (SSSR count). The van der Waals surface area contributed by atoms with E-state index in [1.807, 2.05) is 0 Å². The molecule has 0 aromatic carbocycles. The average molecular weight is 225 g/mol. The van der Waals surface area contributed by atoms with Gasteiger partial charge >= 0.3 is 0 Å². The lowest BCUT2D eigenvalue weighted by atomic mass is 10.1. The summed E-state index contributed by atoms with van der Waals surface area (Å²) in [6, 6.07) is 2.21. The van der Waals surface area contributed by atoms with E-state index in [1.54, 1.807) is 0 Å². The van der Waals surface area contributed by atoms with Gasteiger partial charge in [0, 0.05) is 37.8 Å². The Bertz CT molecular complexity index is 219. The van der Waals surface area contributed by atoms with Crippen molar-refractivity contribution >= 4 is 0 Å². The number of hydrogen-bond acceptors (Lipinski definition) is 3. The van der Waals surface area contributed by atoms with Gasteiger partial charge in [0.1, 0.15) is 0 Å². The molecule has 2 saturated heterocycles. The van der Waals surface area contributed by atoms with Gasteiger partial charge < -0.3 is 5.32 Å². The molecule has 2 fully saturated rings. The fourth-order valence-electron chi connectivity index (χ4n) is 3.27. The Kier molecular flexibility index (Phi) is 4.22. The van der Waals surface area contributed by atoms with Crippen molar-refractivity contribution in [2.24, 2.45) is 0 Å². The van der Waals surface area contributed by atoms with Gasteiger partial charge in [0.15, 0.2) is 0 Å². The normalized spacial score (nSPS) is 33.9. The summed E-state index contributed by atoms with van der Waals surface area (Å²) in [6.07, 6.45) is 2.83. The van der Waals surface area contributed by atoms with Crippen LogP contribution in [0.4, 0.5) is 0 Å². The molecule has 3 heteroatoms. The van der Waals surface area contributed by atoms with Gasteiger partial charge in [-0.2, -0.15) is 0 Å². The molecule has 3 nitrogen and oxygen atoms in total. The minimum Gasteiger partial charge on any atom is -0.313 e. The van der Waals surface area contributed by atoms with Crippen LogP contribution in [0.15, 0.2) is 0 Å². The third kappa shape index (κ3) is 2.76. The van der Waals surface area contributed by atoms with Crippen molar-refractivity contribution in [3.8, 4) is 0 Å². The number of fused-ring (bicyclic) bond motifs is 1. The topological polar surface area (TPSA) is 18.5 Å². The predicted molar refractivity (Wildman–Crippen MR) is 68.8 cm³/mol. The maximum atomic E-state index is 3.52. The Morgan fingerprint density at radius 3 is 2.94 bits per heavy atom. The van der Waals surface area contributed by atoms with Gasteiger partial charge in [-0.1, -0.05) is 6.92 Å². The molecule has 0 saturated carbocycles. The standard InChI is InChI=1S/C13H27N3/c1-4-14-11(2)8-16-10-13-6-5-7-15(13)9-12(16)3/h11-14H,4-10H2,1-3H3. The van der Waals surface area contributed by atoms with E-state index in [0.29, 0.717) is 6.04 Å². The SMILES string of the molecule is CCNC(C)CN1CC2CCCN2CC1C. The second-order valence-corrected chi connectivity index (χ2v) is 5.55. The minimum absolute atomic E-state index is 0.625. The molecule has 1 N–H and O–H groups in total. The van der Waals surface area contributed by atoms with Crippen LogP contribution in [-0.2, 0) is 0 Å². The number of hydrogen-bond donors (Lipinski definition) is 1. The first-order valence-electron chi connectivity index (χ1n) is 6.92. The van der Waals surface area contributed by atoms with Crippen LogP contribution in [0.1, 0.15) is 33.6 Å². The zero-order chi connectivity index (χ0) is 11.5. The third-order valence-corrected chi connectivity index (χ3v) is 4.13. The zero-order valence-electron chi connectivity index (χ0n) is 11.1. The molecule has 3 atom stereocenters. The summed E-state index contributed by atoms with van der Waals surface area (Å²) >= 11 is 0. The molecule has 94 valence electrons. The van der Waals surface area contributed by atoms with Crippen LogP contribution in [0.3, 0.4) is 0 Å². The van der Waals surface area contributed by atoms with Crippen molar-refractivity contribution in [3.63, 3.8) is 0 Å². The van der Waals surface area contributed by atoms with Crippen LogP contribution in [0.2, 0.25) is 0 Å². The summed E-state index contributed by atoms with van der Waals surface area (Å²) < 4.78 is 0. The van der Waals surface area contributed by atoms with E-state index in [2.05, 4.69) is 35.9 Å².